The summed E-state index contributed by atoms with van der Waals surface area (Å²) in [5.74, 6) is 0.419. The van der Waals surface area contributed by atoms with Crippen molar-refractivity contribution in [1.29, 1.82) is 0 Å². The van der Waals surface area contributed by atoms with E-state index in [0.717, 1.165) is 11.1 Å². The van der Waals surface area contributed by atoms with Gasteiger partial charge in [0.15, 0.2) is 6.61 Å². The zero-order chi connectivity index (χ0) is 22.3. The second kappa shape index (κ2) is 10.3. The number of nitrogens with zero attached hydrogens (tertiary/aromatic N) is 2. The van der Waals surface area contributed by atoms with Crippen molar-refractivity contribution in [2.75, 3.05) is 39.3 Å². The van der Waals surface area contributed by atoms with E-state index in [4.69, 9.17) is 9.47 Å². The summed E-state index contributed by atoms with van der Waals surface area (Å²) >= 11 is 0. The van der Waals surface area contributed by atoms with Crippen molar-refractivity contribution in [3.05, 3.63) is 29.3 Å². The van der Waals surface area contributed by atoms with Crippen molar-refractivity contribution in [2.24, 2.45) is 0 Å². The maximum absolute atomic E-state index is 12.6. The number of aryl methyl sites for hydroxylation is 1. The number of hydrogen-bond acceptors (Lipinski definition) is 5. The number of ether oxygens (including phenoxy) is 2. The molecule has 1 heterocycles. The zero-order valence-corrected chi connectivity index (χ0v) is 18.6. The van der Waals surface area contributed by atoms with E-state index >= 15 is 0 Å². The molecule has 0 unspecified atom stereocenters. The Morgan fingerprint density at radius 3 is 2.27 bits per heavy atom. The highest BCUT2D eigenvalue weighted by Gasteiger charge is 2.23. The number of carbonyl (C=O) groups excluding carboxylic acids is 3. The van der Waals surface area contributed by atoms with Crippen LogP contribution >= 0.6 is 0 Å². The summed E-state index contributed by atoms with van der Waals surface area (Å²) < 4.78 is 10.9. The van der Waals surface area contributed by atoms with Crippen molar-refractivity contribution in [2.45, 2.75) is 46.6 Å². The van der Waals surface area contributed by atoms with Gasteiger partial charge < -0.3 is 24.6 Å². The molecule has 0 saturated carbocycles. The van der Waals surface area contributed by atoms with E-state index in [1.165, 1.54) is 0 Å². The molecule has 2 rings (SSSR count). The molecular weight excluding hydrogens is 386 g/mol. The van der Waals surface area contributed by atoms with Gasteiger partial charge in [0.25, 0.3) is 5.91 Å². The SMILES string of the molecule is Cc1cccc(OCC(=O)N2CCCN(C(=O)CNC(=O)OC(C)(C)C)CC2)c1C. The number of amides is 3. The lowest BCUT2D eigenvalue weighted by atomic mass is 10.1. The number of hydrogen-bond donors (Lipinski definition) is 1. The van der Waals surface area contributed by atoms with Gasteiger partial charge in [-0.15, -0.1) is 0 Å². The van der Waals surface area contributed by atoms with Crippen molar-refractivity contribution >= 4 is 17.9 Å². The largest absolute Gasteiger partial charge is 0.483 e. The molecule has 3 amide bonds. The molecular formula is C22H33N3O5. The van der Waals surface area contributed by atoms with Crippen molar-refractivity contribution < 1.29 is 23.9 Å². The molecule has 1 fully saturated rings. The fourth-order valence-corrected chi connectivity index (χ4v) is 3.10. The van der Waals surface area contributed by atoms with Gasteiger partial charge in [0.1, 0.15) is 17.9 Å². The fourth-order valence-electron chi connectivity index (χ4n) is 3.10. The number of nitrogens with one attached hydrogen (secondary N) is 1. The van der Waals surface area contributed by atoms with Crippen LogP contribution in [0.2, 0.25) is 0 Å². The van der Waals surface area contributed by atoms with Crippen molar-refractivity contribution in [3.8, 4) is 5.75 Å². The summed E-state index contributed by atoms with van der Waals surface area (Å²) in [7, 11) is 0. The van der Waals surface area contributed by atoms with Crippen LogP contribution in [0, 0.1) is 13.8 Å². The lowest BCUT2D eigenvalue weighted by Crippen LogP contribution is -2.44. The molecule has 0 aliphatic carbocycles. The molecule has 0 aromatic heterocycles. The predicted octanol–water partition coefficient (Wildman–Crippen LogP) is 2.27. The summed E-state index contributed by atoms with van der Waals surface area (Å²) in [6.07, 6.45) is 0.0546. The zero-order valence-electron chi connectivity index (χ0n) is 18.6. The number of carbonyl (C=O) groups is 3. The summed E-state index contributed by atoms with van der Waals surface area (Å²) in [5.41, 5.74) is 1.52. The summed E-state index contributed by atoms with van der Waals surface area (Å²) in [6, 6.07) is 5.76. The monoisotopic (exact) mass is 419 g/mol. The Bertz CT molecular complexity index is 773. The minimum Gasteiger partial charge on any atom is -0.483 e. The van der Waals surface area contributed by atoms with Crippen molar-refractivity contribution in [1.82, 2.24) is 15.1 Å². The molecule has 0 atom stereocenters. The van der Waals surface area contributed by atoms with E-state index in [9.17, 15) is 14.4 Å². The number of benzene rings is 1. The van der Waals surface area contributed by atoms with Gasteiger partial charge in [-0.05, 0) is 58.2 Å². The van der Waals surface area contributed by atoms with Gasteiger partial charge in [-0.3, -0.25) is 9.59 Å². The normalized spacial score (nSPS) is 14.7. The molecule has 1 N–H and O–H groups in total. The molecule has 1 aromatic rings. The Kier molecular flexibility index (Phi) is 8.08. The molecule has 1 aromatic carbocycles. The van der Waals surface area contributed by atoms with E-state index in [2.05, 4.69) is 5.32 Å². The lowest BCUT2D eigenvalue weighted by molar-refractivity contribution is -0.134. The fraction of sp³-hybridized carbons (Fsp3) is 0.591. The average Bonchev–Trinajstić information content (AvgIpc) is 2.92. The molecule has 8 heteroatoms. The van der Waals surface area contributed by atoms with E-state index in [1.54, 1.807) is 30.6 Å². The Balaban J connectivity index is 1.79. The van der Waals surface area contributed by atoms with Crippen LogP contribution in [0.5, 0.6) is 5.75 Å². The van der Waals surface area contributed by atoms with Gasteiger partial charge >= 0.3 is 6.09 Å². The molecule has 166 valence electrons. The van der Waals surface area contributed by atoms with Gasteiger partial charge in [-0.1, -0.05) is 12.1 Å². The topological polar surface area (TPSA) is 88.2 Å². The van der Waals surface area contributed by atoms with Crippen LogP contribution in [-0.4, -0.2) is 72.6 Å². The summed E-state index contributed by atoms with van der Waals surface area (Å²) in [5, 5.41) is 2.49. The first-order chi connectivity index (χ1) is 14.1. The van der Waals surface area contributed by atoms with Crippen molar-refractivity contribution in [3.63, 3.8) is 0 Å². The van der Waals surface area contributed by atoms with Gasteiger partial charge in [-0.2, -0.15) is 0 Å². The smallest absolute Gasteiger partial charge is 0.408 e. The molecule has 1 aliphatic rings. The Morgan fingerprint density at radius 1 is 1.00 bits per heavy atom. The van der Waals surface area contributed by atoms with Crippen LogP contribution in [0.4, 0.5) is 4.79 Å². The average molecular weight is 420 g/mol. The maximum atomic E-state index is 12.6. The van der Waals surface area contributed by atoms with Gasteiger partial charge in [0.05, 0.1) is 0 Å². The highest BCUT2D eigenvalue weighted by Crippen LogP contribution is 2.20. The quantitative estimate of drug-likeness (QED) is 0.791. The van der Waals surface area contributed by atoms with Crippen LogP contribution in [-0.2, 0) is 14.3 Å². The van der Waals surface area contributed by atoms with Gasteiger partial charge in [0.2, 0.25) is 5.91 Å². The van der Waals surface area contributed by atoms with Crippen LogP contribution in [0.1, 0.15) is 38.3 Å². The third-order valence-electron chi connectivity index (χ3n) is 4.89. The molecule has 0 radical (unpaired) electrons. The Labute approximate surface area is 178 Å². The molecule has 0 bridgehead atoms. The van der Waals surface area contributed by atoms with Gasteiger partial charge in [-0.25, -0.2) is 4.79 Å². The summed E-state index contributed by atoms with van der Waals surface area (Å²) in [6.45, 7) is 11.1. The Hall–Kier alpha value is -2.77. The second-order valence-electron chi connectivity index (χ2n) is 8.46. The van der Waals surface area contributed by atoms with Gasteiger partial charge in [0, 0.05) is 26.2 Å². The minimum absolute atomic E-state index is 0.0293. The lowest BCUT2D eigenvalue weighted by Gasteiger charge is -2.23. The highest BCUT2D eigenvalue weighted by molar-refractivity contribution is 5.82. The van der Waals surface area contributed by atoms with E-state index in [-0.39, 0.29) is 25.0 Å². The second-order valence-corrected chi connectivity index (χ2v) is 8.46. The van der Waals surface area contributed by atoms with Crippen LogP contribution in [0.25, 0.3) is 0 Å². The standard InChI is InChI=1S/C22H33N3O5/c1-16-8-6-9-18(17(16)2)29-15-20(27)25-11-7-10-24(12-13-25)19(26)14-23-21(28)30-22(3,4)5/h6,8-9H,7,10-15H2,1-5H3,(H,23,28). The maximum Gasteiger partial charge on any atom is 0.408 e. The Morgan fingerprint density at radius 2 is 1.63 bits per heavy atom. The number of rotatable bonds is 5. The molecule has 1 saturated heterocycles. The van der Waals surface area contributed by atoms with Crippen LogP contribution in [0.15, 0.2) is 18.2 Å². The molecule has 30 heavy (non-hydrogen) atoms. The molecule has 8 nitrogen and oxygen atoms in total. The van der Waals surface area contributed by atoms with E-state index in [1.807, 2.05) is 32.0 Å². The molecule has 1 aliphatic heterocycles. The van der Waals surface area contributed by atoms with Crippen LogP contribution in [0.3, 0.4) is 0 Å². The third kappa shape index (κ3) is 7.24. The van der Waals surface area contributed by atoms with E-state index in [0.29, 0.717) is 38.3 Å². The number of alkyl carbamates (subject to hydrolysis) is 1. The minimum atomic E-state index is -0.619. The third-order valence-corrected chi connectivity index (χ3v) is 4.89. The first-order valence-electron chi connectivity index (χ1n) is 10.3. The first-order valence-corrected chi connectivity index (χ1v) is 10.3. The highest BCUT2D eigenvalue weighted by atomic mass is 16.6. The molecule has 0 spiro atoms. The summed E-state index contributed by atoms with van der Waals surface area (Å²) in [4.78, 5) is 40.1. The predicted molar refractivity (Wildman–Crippen MR) is 113 cm³/mol. The van der Waals surface area contributed by atoms with Crippen LogP contribution < -0.4 is 10.1 Å². The first kappa shape index (κ1) is 23.5. The van der Waals surface area contributed by atoms with E-state index < -0.39 is 11.7 Å².